The van der Waals surface area contributed by atoms with E-state index in [0.29, 0.717) is 12.5 Å². The zero-order valence-corrected chi connectivity index (χ0v) is 19.1. The molecule has 1 aliphatic rings. The summed E-state index contributed by atoms with van der Waals surface area (Å²) in [5.74, 6) is 0.934. The van der Waals surface area contributed by atoms with E-state index < -0.39 is 0 Å². The molecule has 1 aliphatic heterocycles. The normalized spacial score (nSPS) is 20.5. The molecule has 1 heterocycles. The van der Waals surface area contributed by atoms with Crippen LogP contribution in [-0.4, -0.2) is 51.7 Å². The zero-order chi connectivity index (χ0) is 22.2. The topological polar surface area (TPSA) is 48.9 Å². The van der Waals surface area contributed by atoms with Crippen molar-refractivity contribution in [2.75, 3.05) is 40.8 Å². The SMILES string of the molecule is CN=C(NCC1CCCOC1c1ccc(C)cc1)NCC(c1ccc(F)cc1)N(C)C. The number of aliphatic imine (C=N–C) groups is 1. The summed E-state index contributed by atoms with van der Waals surface area (Å²) >= 11 is 0. The van der Waals surface area contributed by atoms with Crippen molar-refractivity contribution in [1.82, 2.24) is 15.5 Å². The van der Waals surface area contributed by atoms with Crippen LogP contribution in [-0.2, 0) is 4.74 Å². The van der Waals surface area contributed by atoms with Gasteiger partial charge in [0.05, 0.1) is 12.1 Å². The van der Waals surface area contributed by atoms with Gasteiger partial charge in [0.1, 0.15) is 5.82 Å². The van der Waals surface area contributed by atoms with Crippen molar-refractivity contribution in [3.8, 4) is 0 Å². The lowest BCUT2D eigenvalue weighted by Gasteiger charge is -2.33. The van der Waals surface area contributed by atoms with Crippen LogP contribution in [0.3, 0.4) is 0 Å². The highest BCUT2D eigenvalue weighted by Gasteiger charge is 2.27. The van der Waals surface area contributed by atoms with Gasteiger partial charge in [-0.3, -0.25) is 4.99 Å². The first-order valence-electron chi connectivity index (χ1n) is 11.0. The van der Waals surface area contributed by atoms with Gasteiger partial charge in [0.2, 0.25) is 0 Å². The zero-order valence-electron chi connectivity index (χ0n) is 19.1. The van der Waals surface area contributed by atoms with E-state index in [1.165, 1.54) is 23.3 Å². The molecule has 0 aromatic heterocycles. The first-order valence-corrected chi connectivity index (χ1v) is 11.0. The Balaban J connectivity index is 1.58. The van der Waals surface area contributed by atoms with Gasteiger partial charge in [0.25, 0.3) is 0 Å². The number of ether oxygens (including phenoxy) is 1. The van der Waals surface area contributed by atoms with E-state index in [2.05, 4.69) is 51.7 Å². The largest absolute Gasteiger partial charge is 0.373 e. The molecule has 0 spiro atoms. The maximum absolute atomic E-state index is 13.3. The van der Waals surface area contributed by atoms with Crippen LogP contribution >= 0.6 is 0 Å². The smallest absolute Gasteiger partial charge is 0.191 e. The van der Waals surface area contributed by atoms with Gasteiger partial charge >= 0.3 is 0 Å². The molecule has 3 rings (SSSR count). The second-order valence-electron chi connectivity index (χ2n) is 8.47. The Morgan fingerprint density at radius 2 is 1.84 bits per heavy atom. The fourth-order valence-corrected chi connectivity index (χ4v) is 4.10. The molecule has 2 aromatic rings. The Morgan fingerprint density at radius 3 is 2.48 bits per heavy atom. The number of benzene rings is 2. The van der Waals surface area contributed by atoms with Gasteiger partial charge in [-0.2, -0.15) is 0 Å². The highest BCUT2D eigenvalue weighted by atomic mass is 19.1. The summed E-state index contributed by atoms with van der Waals surface area (Å²) < 4.78 is 19.4. The van der Waals surface area contributed by atoms with Gasteiger partial charge in [-0.25, -0.2) is 4.39 Å². The third kappa shape index (κ3) is 6.52. The van der Waals surface area contributed by atoms with Gasteiger partial charge < -0.3 is 20.3 Å². The predicted molar refractivity (Wildman–Crippen MR) is 125 cm³/mol. The van der Waals surface area contributed by atoms with Gasteiger partial charge in [0, 0.05) is 32.7 Å². The van der Waals surface area contributed by atoms with E-state index in [9.17, 15) is 4.39 Å². The molecule has 2 aromatic carbocycles. The minimum Gasteiger partial charge on any atom is -0.373 e. The second kappa shape index (κ2) is 11.3. The number of nitrogens with zero attached hydrogens (tertiary/aromatic N) is 2. The fraction of sp³-hybridized carbons (Fsp3) is 0.480. The summed E-state index contributed by atoms with van der Waals surface area (Å²) in [4.78, 5) is 6.52. The number of aryl methyl sites for hydroxylation is 1. The molecular formula is C25H35FN4O. The highest BCUT2D eigenvalue weighted by molar-refractivity contribution is 5.79. The van der Waals surface area contributed by atoms with Crippen LogP contribution < -0.4 is 10.6 Å². The van der Waals surface area contributed by atoms with Crippen molar-refractivity contribution in [3.05, 3.63) is 71.0 Å². The molecule has 6 heteroatoms. The van der Waals surface area contributed by atoms with Gasteiger partial charge in [-0.05, 0) is 57.1 Å². The molecule has 3 unspecified atom stereocenters. The Labute approximate surface area is 185 Å². The third-order valence-electron chi connectivity index (χ3n) is 5.95. The molecule has 0 radical (unpaired) electrons. The van der Waals surface area contributed by atoms with Crippen LogP contribution in [0.4, 0.5) is 4.39 Å². The van der Waals surface area contributed by atoms with Crippen molar-refractivity contribution in [3.63, 3.8) is 0 Å². The summed E-state index contributed by atoms with van der Waals surface area (Å²) in [6.45, 7) is 4.37. The number of guanidine groups is 1. The number of hydrogen-bond acceptors (Lipinski definition) is 3. The Hall–Kier alpha value is -2.44. The van der Waals surface area contributed by atoms with E-state index in [0.717, 1.165) is 37.5 Å². The molecule has 3 atom stereocenters. The minimum atomic E-state index is -0.218. The standard InChI is InChI=1S/C25H35FN4O/c1-18-7-9-20(10-8-18)24-21(6-5-15-31-24)16-28-25(27-2)29-17-23(30(3)4)19-11-13-22(26)14-12-19/h7-14,21,23-24H,5-6,15-17H2,1-4H3,(H2,27,28,29). The van der Waals surface area contributed by atoms with E-state index in [1.807, 2.05) is 26.2 Å². The summed E-state index contributed by atoms with van der Waals surface area (Å²) in [5.41, 5.74) is 3.56. The lowest BCUT2D eigenvalue weighted by molar-refractivity contribution is -0.0265. The molecule has 1 fully saturated rings. The fourth-order valence-electron chi connectivity index (χ4n) is 4.10. The van der Waals surface area contributed by atoms with Crippen LogP contribution in [0.25, 0.3) is 0 Å². The van der Waals surface area contributed by atoms with E-state index >= 15 is 0 Å². The summed E-state index contributed by atoms with van der Waals surface area (Å²) in [6, 6.07) is 15.4. The molecule has 0 bridgehead atoms. The minimum absolute atomic E-state index is 0.105. The average molecular weight is 427 g/mol. The maximum Gasteiger partial charge on any atom is 0.191 e. The van der Waals surface area contributed by atoms with Crippen LogP contribution in [0.1, 0.15) is 41.7 Å². The molecule has 0 aliphatic carbocycles. The lowest BCUT2D eigenvalue weighted by atomic mass is 9.89. The quantitative estimate of drug-likeness (QED) is 0.518. The number of rotatable bonds is 7. The number of likely N-dealkylation sites (N-methyl/N-ethyl adjacent to an activating group) is 1. The van der Waals surface area contributed by atoms with Crippen LogP contribution in [0, 0.1) is 18.7 Å². The van der Waals surface area contributed by atoms with Gasteiger partial charge in [-0.15, -0.1) is 0 Å². The molecule has 1 saturated heterocycles. The number of hydrogen-bond donors (Lipinski definition) is 2. The molecule has 0 saturated carbocycles. The molecule has 168 valence electrons. The highest BCUT2D eigenvalue weighted by Crippen LogP contribution is 2.33. The van der Waals surface area contributed by atoms with Gasteiger partial charge in [0.15, 0.2) is 5.96 Å². The van der Waals surface area contributed by atoms with E-state index in [1.54, 1.807) is 7.05 Å². The van der Waals surface area contributed by atoms with Crippen molar-refractivity contribution >= 4 is 5.96 Å². The average Bonchev–Trinajstić information content (AvgIpc) is 2.78. The van der Waals surface area contributed by atoms with Crippen molar-refractivity contribution < 1.29 is 9.13 Å². The van der Waals surface area contributed by atoms with Crippen molar-refractivity contribution in [2.45, 2.75) is 31.9 Å². The number of halogens is 1. The number of nitrogens with one attached hydrogen (secondary N) is 2. The van der Waals surface area contributed by atoms with Gasteiger partial charge in [-0.1, -0.05) is 42.0 Å². The predicted octanol–water partition coefficient (Wildman–Crippen LogP) is 4.07. The van der Waals surface area contributed by atoms with E-state index in [-0.39, 0.29) is 18.0 Å². The van der Waals surface area contributed by atoms with Crippen LogP contribution in [0.5, 0.6) is 0 Å². The third-order valence-corrected chi connectivity index (χ3v) is 5.95. The summed E-state index contributed by atoms with van der Waals surface area (Å²) in [6.07, 6.45) is 2.31. The Morgan fingerprint density at radius 1 is 1.13 bits per heavy atom. The summed E-state index contributed by atoms with van der Waals surface area (Å²) in [7, 11) is 5.83. The Kier molecular flexibility index (Phi) is 8.43. The first kappa shape index (κ1) is 23.2. The molecular weight excluding hydrogens is 391 g/mol. The second-order valence-corrected chi connectivity index (χ2v) is 8.47. The summed E-state index contributed by atoms with van der Waals surface area (Å²) in [5, 5.41) is 6.91. The lowest BCUT2D eigenvalue weighted by Crippen LogP contribution is -2.44. The Bertz CT molecular complexity index is 836. The first-order chi connectivity index (χ1) is 15.0. The van der Waals surface area contributed by atoms with Crippen molar-refractivity contribution in [1.29, 1.82) is 0 Å². The van der Waals surface area contributed by atoms with E-state index in [4.69, 9.17) is 4.74 Å². The molecule has 0 amide bonds. The molecule has 2 N–H and O–H groups in total. The van der Waals surface area contributed by atoms with Crippen molar-refractivity contribution in [2.24, 2.45) is 10.9 Å². The molecule has 5 nitrogen and oxygen atoms in total. The van der Waals surface area contributed by atoms with Crippen LogP contribution in [0.15, 0.2) is 53.5 Å². The maximum atomic E-state index is 13.3. The molecule has 31 heavy (non-hydrogen) atoms. The monoisotopic (exact) mass is 426 g/mol. The van der Waals surface area contributed by atoms with Crippen LogP contribution in [0.2, 0.25) is 0 Å².